The summed E-state index contributed by atoms with van der Waals surface area (Å²) in [4.78, 5) is 25.5. The molecule has 0 aromatic carbocycles. The Morgan fingerprint density at radius 2 is 1.95 bits per heavy atom. The second-order valence-electron chi connectivity index (χ2n) is 6.16. The van der Waals surface area contributed by atoms with Crippen molar-refractivity contribution in [3.05, 3.63) is 0 Å². The standard InChI is InChI=1S/C15H28N2O3/c1-5-11(3)17(4)7-6-16-14(18)12-8-10(2)9-13(12)15(19)20/h10-13H,5-9H2,1-4H3,(H,16,18)(H,19,20)/t10?,11?,12-,13+/m0/s1. The van der Waals surface area contributed by atoms with Crippen LogP contribution in [0, 0.1) is 17.8 Å². The number of hydrogen-bond acceptors (Lipinski definition) is 3. The summed E-state index contributed by atoms with van der Waals surface area (Å²) >= 11 is 0. The predicted octanol–water partition coefficient (Wildman–Crippen LogP) is 1.58. The van der Waals surface area contributed by atoms with Crippen molar-refractivity contribution < 1.29 is 14.7 Å². The number of carboxylic acid groups (broad SMARTS) is 1. The number of nitrogens with zero attached hydrogens (tertiary/aromatic N) is 1. The maximum Gasteiger partial charge on any atom is 0.307 e. The Labute approximate surface area is 121 Å². The van der Waals surface area contributed by atoms with E-state index in [0.717, 1.165) is 13.0 Å². The highest BCUT2D eigenvalue weighted by Crippen LogP contribution is 2.36. The molecule has 20 heavy (non-hydrogen) atoms. The third-order valence-corrected chi connectivity index (χ3v) is 4.56. The van der Waals surface area contributed by atoms with E-state index in [4.69, 9.17) is 0 Å². The molecule has 1 amide bonds. The lowest BCUT2D eigenvalue weighted by Crippen LogP contribution is -2.40. The lowest BCUT2D eigenvalue weighted by atomic mass is 9.95. The molecule has 0 heterocycles. The van der Waals surface area contributed by atoms with Crippen LogP contribution in [0.15, 0.2) is 0 Å². The lowest BCUT2D eigenvalue weighted by molar-refractivity contribution is -0.146. The molecule has 1 fully saturated rings. The molecule has 4 atom stereocenters. The first kappa shape index (κ1) is 17.0. The van der Waals surface area contributed by atoms with Crippen LogP contribution in [-0.4, -0.2) is 48.1 Å². The summed E-state index contributed by atoms with van der Waals surface area (Å²) in [5.74, 6) is -1.51. The van der Waals surface area contributed by atoms with Gasteiger partial charge in [-0.25, -0.2) is 0 Å². The van der Waals surface area contributed by atoms with Crippen LogP contribution in [-0.2, 0) is 9.59 Å². The van der Waals surface area contributed by atoms with E-state index in [1.807, 2.05) is 14.0 Å². The van der Waals surface area contributed by atoms with Gasteiger partial charge in [-0.3, -0.25) is 9.59 Å². The molecule has 116 valence electrons. The van der Waals surface area contributed by atoms with Crippen LogP contribution in [0.5, 0.6) is 0 Å². The molecule has 1 aliphatic carbocycles. The van der Waals surface area contributed by atoms with Crippen molar-refractivity contribution in [1.29, 1.82) is 0 Å². The van der Waals surface area contributed by atoms with Crippen LogP contribution in [0.25, 0.3) is 0 Å². The molecule has 1 aliphatic rings. The van der Waals surface area contributed by atoms with E-state index in [-0.39, 0.29) is 11.8 Å². The summed E-state index contributed by atoms with van der Waals surface area (Å²) in [6.07, 6.45) is 2.37. The number of nitrogens with one attached hydrogen (secondary N) is 1. The molecule has 2 unspecified atom stereocenters. The van der Waals surface area contributed by atoms with E-state index in [2.05, 4.69) is 24.1 Å². The molecule has 2 N–H and O–H groups in total. The third kappa shape index (κ3) is 4.47. The van der Waals surface area contributed by atoms with E-state index < -0.39 is 11.9 Å². The van der Waals surface area contributed by atoms with Crippen molar-refractivity contribution >= 4 is 11.9 Å². The van der Waals surface area contributed by atoms with Gasteiger partial charge in [0.15, 0.2) is 0 Å². The molecule has 0 bridgehead atoms. The first-order valence-electron chi connectivity index (χ1n) is 7.57. The van der Waals surface area contributed by atoms with Crippen molar-refractivity contribution in [1.82, 2.24) is 10.2 Å². The molecule has 5 heteroatoms. The van der Waals surface area contributed by atoms with Gasteiger partial charge in [-0.2, -0.15) is 0 Å². The summed E-state index contributed by atoms with van der Waals surface area (Å²) in [6.45, 7) is 7.68. The third-order valence-electron chi connectivity index (χ3n) is 4.56. The minimum Gasteiger partial charge on any atom is -0.481 e. The minimum atomic E-state index is -0.841. The molecule has 5 nitrogen and oxygen atoms in total. The second kappa shape index (κ2) is 7.62. The van der Waals surface area contributed by atoms with Crippen LogP contribution in [0.4, 0.5) is 0 Å². The van der Waals surface area contributed by atoms with Gasteiger partial charge in [-0.15, -0.1) is 0 Å². The Balaban J connectivity index is 2.40. The zero-order chi connectivity index (χ0) is 15.3. The van der Waals surface area contributed by atoms with Gasteiger partial charge in [0.2, 0.25) is 5.91 Å². The lowest BCUT2D eigenvalue weighted by Gasteiger charge is -2.24. The number of amides is 1. The molecular weight excluding hydrogens is 256 g/mol. The average Bonchev–Trinajstić information content (AvgIpc) is 2.79. The van der Waals surface area contributed by atoms with E-state index >= 15 is 0 Å². The van der Waals surface area contributed by atoms with Crippen LogP contribution in [0.2, 0.25) is 0 Å². The highest BCUT2D eigenvalue weighted by Gasteiger charge is 2.40. The monoisotopic (exact) mass is 284 g/mol. The average molecular weight is 284 g/mol. The fraction of sp³-hybridized carbons (Fsp3) is 0.867. The Hall–Kier alpha value is -1.10. The van der Waals surface area contributed by atoms with Gasteiger partial charge in [0.05, 0.1) is 11.8 Å². The second-order valence-corrected chi connectivity index (χ2v) is 6.16. The summed E-state index contributed by atoms with van der Waals surface area (Å²) in [7, 11) is 2.04. The van der Waals surface area contributed by atoms with Crippen molar-refractivity contribution in [2.24, 2.45) is 17.8 Å². The number of carbonyl (C=O) groups excluding carboxylic acids is 1. The summed E-state index contributed by atoms with van der Waals surface area (Å²) < 4.78 is 0. The molecule has 0 aromatic heterocycles. The van der Waals surface area contributed by atoms with Gasteiger partial charge in [0, 0.05) is 19.1 Å². The largest absolute Gasteiger partial charge is 0.481 e. The normalized spacial score (nSPS) is 27.6. The molecule has 0 aliphatic heterocycles. The highest BCUT2D eigenvalue weighted by molar-refractivity contribution is 5.85. The molecule has 0 spiro atoms. The number of carboxylic acids is 1. The summed E-state index contributed by atoms with van der Waals surface area (Å²) in [5.41, 5.74) is 0. The van der Waals surface area contributed by atoms with Gasteiger partial charge in [-0.05, 0) is 39.2 Å². The Morgan fingerprint density at radius 1 is 1.35 bits per heavy atom. The number of rotatable bonds is 7. The number of carbonyl (C=O) groups is 2. The molecule has 1 saturated carbocycles. The fourth-order valence-corrected chi connectivity index (χ4v) is 2.87. The number of likely N-dealkylation sites (N-methyl/N-ethyl adjacent to an activating group) is 1. The fourth-order valence-electron chi connectivity index (χ4n) is 2.87. The molecule has 1 rings (SSSR count). The van der Waals surface area contributed by atoms with Gasteiger partial charge in [0.25, 0.3) is 0 Å². The minimum absolute atomic E-state index is 0.0979. The van der Waals surface area contributed by atoms with Gasteiger partial charge < -0.3 is 15.3 Å². The maximum atomic E-state index is 12.1. The number of aliphatic carboxylic acids is 1. The first-order valence-corrected chi connectivity index (χ1v) is 7.57. The van der Waals surface area contributed by atoms with Crippen molar-refractivity contribution in [2.45, 2.75) is 46.1 Å². The maximum absolute atomic E-state index is 12.1. The smallest absolute Gasteiger partial charge is 0.307 e. The zero-order valence-electron chi connectivity index (χ0n) is 13.1. The van der Waals surface area contributed by atoms with Gasteiger partial charge >= 0.3 is 5.97 Å². The summed E-state index contributed by atoms with van der Waals surface area (Å²) in [5, 5.41) is 12.1. The molecule has 0 radical (unpaired) electrons. The van der Waals surface area contributed by atoms with E-state index in [9.17, 15) is 14.7 Å². The molecular formula is C15H28N2O3. The Kier molecular flexibility index (Phi) is 6.46. The van der Waals surface area contributed by atoms with E-state index in [1.54, 1.807) is 0 Å². The molecule has 0 aromatic rings. The van der Waals surface area contributed by atoms with E-state index in [1.165, 1.54) is 0 Å². The number of hydrogen-bond donors (Lipinski definition) is 2. The quantitative estimate of drug-likeness (QED) is 0.744. The van der Waals surface area contributed by atoms with Crippen LogP contribution in [0.3, 0.4) is 0 Å². The topological polar surface area (TPSA) is 69.6 Å². The van der Waals surface area contributed by atoms with E-state index in [0.29, 0.717) is 31.3 Å². The SMILES string of the molecule is CCC(C)N(C)CCNC(=O)[C@H]1CC(C)C[C@H]1C(=O)O. The van der Waals surface area contributed by atoms with Gasteiger partial charge in [-0.1, -0.05) is 13.8 Å². The summed E-state index contributed by atoms with van der Waals surface area (Å²) in [6, 6.07) is 0.491. The van der Waals surface area contributed by atoms with Crippen molar-refractivity contribution in [2.75, 3.05) is 20.1 Å². The highest BCUT2D eigenvalue weighted by atomic mass is 16.4. The van der Waals surface area contributed by atoms with Crippen molar-refractivity contribution in [3.8, 4) is 0 Å². The first-order chi connectivity index (χ1) is 9.36. The Bertz CT molecular complexity index is 346. The van der Waals surface area contributed by atoms with Crippen molar-refractivity contribution in [3.63, 3.8) is 0 Å². The predicted molar refractivity (Wildman–Crippen MR) is 78.4 cm³/mol. The Morgan fingerprint density at radius 3 is 2.50 bits per heavy atom. The van der Waals surface area contributed by atoms with Crippen LogP contribution in [0.1, 0.15) is 40.0 Å². The van der Waals surface area contributed by atoms with Crippen LogP contribution >= 0.6 is 0 Å². The molecule has 0 saturated heterocycles. The zero-order valence-corrected chi connectivity index (χ0v) is 13.1. The van der Waals surface area contributed by atoms with Crippen LogP contribution < -0.4 is 5.32 Å². The van der Waals surface area contributed by atoms with Gasteiger partial charge in [0.1, 0.15) is 0 Å².